The zero-order valence-electron chi connectivity index (χ0n) is 32.8. The summed E-state index contributed by atoms with van der Waals surface area (Å²) in [5.74, 6) is -6.17. The zero-order chi connectivity index (χ0) is 43.7. The Bertz CT molecular complexity index is 2430. The Kier molecular flexibility index (Phi) is 15.2. The summed E-state index contributed by atoms with van der Waals surface area (Å²) in [6.07, 6.45) is -10.2. The molecule has 0 fully saturated rings. The van der Waals surface area contributed by atoms with Gasteiger partial charge < -0.3 is 28.4 Å². The Morgan fingerprint density at radius 1 is 0.339 bits per heavy atom. The van der Waals surface area contributed by atoms with Crippen molar-refractivity contribution in [3.8, 4) is 0 Å². The summed E-state index contributed by atoms with van der Waals surface area (Å²) in [6.45, 7) is -0.854. The first-order valence-electron chi connectivity index (χ1n) is 19.2. The molecule has 0 aromatic heterocycles. The van der Waals surface area contributed by atoms with Gasteiger partial charge in [0.15, 0.2) is 36.8 Å². The Morgan fingerprint density at radius 2 is 0.613 bits per heavy atom. The molecule has 312 valence electrons. The molecule has 13 heteroatoms. The minimum atomic E-state index is -2.16. The highest BCUT2D eigenvalue weighted by molar-refractivity contribution is 5.93. The fourth-order valence-corrected chi connectivity index (χ4v) is 6.02. The fraction of sp³-hybridized carbons (Fsp3) is 0.122. The monoisotopic (exact) mass is 834 g/mol. The van der Waals surface area contributed by atoms with Crippen LogP contribution in [-0.2, 0) is 33.2 Å². The van der Waals surface area contributed by atoms with E-state index >= 15 is 0 Å². The van der Waals surface area contributed by atoms with E-state index in [0.717, 1.165) is 0 Å². The highest BCUT2D eigenvalue weighted by Gasteiger charge is 2.49. The van der Waals surface area contributed by atoms with E-state index in [-0.39, 0.29) is 39.7 Å². The maximum absolute atomic E-state index is 14.2. The second kappa shape index (κ2) is 21.7. The van der Waals surface area contributed by atoms with Gasteiger partial charge >= 0.3 is 35.8 Å². The van der Waals surface area contributed by atoms with Crippen LogP contribution in [0.5, 0.6) is 0 Å². The molecule has 0 aliphatic rings. The molecule has 5 atom stereocenters. The lowest BCUT2D eigenvalue weighted by Gasteiger charge is -2.37. The van der Waals surface area contributed by atoms with Crippen molar-refractivity contribution in [2.45, 2.75) is 30.5 Å². The smallest absolute Gasteiger partial charge is 0.338 e. The van der Waals surface area contributed by atoms with E-state index in [1.54, 1.807) is 84.9 Å². The van der Waals surface area contributed by atoms with Crippen LogP contribution in [0, 0.1) is 0 Å². The lowest BCUT2D eigenvalue weighted by atomic mass is 9.97. The molecule has 0 spiro atoms. The molecule has 6 rings (SSSR count). The van der Waals surface area contributed by atoms with Crippen molar-refractivity contribution < 1.29 is 62.0 Å². The molecule has 0 saturated carbocycles. The molecule has 0 amide bonds. The van der Waals surface area contributed by atoms with Crippen LogP contribution in [0.15, 0.2) is 182 Å². The van der Waals surface area contributed by atoms with Gasteiger partial charge in [-0.25, -0.2) is 28.8 Å². The summed E-state index contributed by atoms with van der Waals surface area (Å²) >= 11 is 0. The van der Waals surface area contributed by atoms with Gasteiger partial charge in [-0.1, -0.05) is 109 Å². The molecular weight excluding hydrogens is 797 g/mol. The largest absolute Gasteiger partial charge is 0.458 e. The third-order valence-electron chi connectivity index (χ3n) is 9.14. The van der Waals surface area contributed by atoms with Crippen LogP contribution < -0.4 is 0 Å². The van der Waals surface area contributed by atoms with Gasteiger partial charge in [-0.2, -0.15) is 0 Å². The van der Waals surface area contributed by atoms with Crippen LogP contribution in [0.2, 0.25) is 0 Å². The third-order valence-corrected chi connectivity index (χ3v) is 9.14. The van der Waals surface area contributed by atoms with E-state index in [9.17, 15) is 33.6 Å². The first kappa shape index (κ1) is 43.4. The normalized spacial score (nSPS) is 13.0. The molecule has 6 aromatic rings. The van der Waals surface area contributed by atoms with E-state index in [2.05, 4.69) is 0 Å². The van der Waals surface area contributed by atoms with Crippen molar-refractivity contribution >= 4 is 42.1 Å². The Balaban J connectivity index is 1.53. The van der Waals surface area contributed by atoms with E-state index < -0.39 is 72.9 Å². The summed E-state index contributed by atoms with van der Waals surface area (Å²) in [4.78, 5) is 96.4. The molecule has 0 N–H and O–H groups in total. The Hall–Kier alpha value is -8.19. The van der Waals surface area contributed by atoms with Crippen LogP contribution >= 0.6 is 0 Å². The van der Waals surface area contributed by atoms with Crippen molar-refractivity contribution in [1.29, 1.82) is 0 Å². The second-order valence-electron chi connectivity index (χ2n) is 13.4. The van der Waals surface area contributed by atoms with E-state index in [1.807, 2.05) is 0 Å². The van der Waals surface area contributed by atoms with E-state index in [0.29, 0.717) is 0 Å². The van der Waals surface area contributed by atoms with E-state index in [4.69, 9.17) is 28.4 Å². The Labute approximate surface area is 355 Å². The third kappa shape index (κ3) is 11.7. The molecule has 0 aliphatic carbocycles. The van der Waals surface area contributed by atoms with Crippen LogP contribution in [0.1, 0.15) is 62.1 Å². The summed E-state index contributed by atoms with van der Waals surface area (Å²) in [6, 6.07) is 45.6. The molecule has 0 bridgehead atoms. The number of hydrogen-bond acceptors (Lipinski definition) is 13. The average Bonchev–Trinajstić information content (AvgIpc) is 3.33. The second-order valence-corrected chi connectivity index (χ2v) is 13.4. The van der Waals surface area contributed by atoms with E-state index in [1.165, 1.54) is 97.1 Å². The van der Waals surface area contributed by atoms with Gasteiger partial charge in [0.2, 0.25) is 0 Å². The number of esters is 6. The molecule has 0 heterocycles. The van der Waals surface area contributed by atoms with Crippen LogP contribution in [0.4, 0.5) is 0 Å². The summed E-state index contributed by atoms with van der Waals surface area (Å²) in [5.41, 5.74) is 0.0177. The molecule has 0 saturated heterocycles. The molecule has 6 aromatic carbocycles. The van der Waals surface area contributed by atoms with Gasteiger partial charge in [-0.15, -0.1) is 0 Å². The van der Waals surface area contributed by atoms with Crippen molar-refractivity contribution in [2.75, 3.05) is 6.61 Å². The van der Waals surface area contributed by atoms with Crippen molar-refractivity contribution in [1.82, 2.24) is 0 Å². The molecule has 0 aliphatic heterocycles. The number of rotatable bonds is 18. The molecule has 0 unspecified atom stereocenters. The topological polar surface area (TPSA) is 175 Å². The van der Waals surface area contributed by atoms with Gasteiger partial charge in [0, 0.05) is 0 Å². The molecule has 0 radical (unpaired) electrons. The van der Waals surface area contributed by atoms with Gasteiger partial charge in [0.25, 0.3) is 0 Å². The lowest BCUT2D eigenvalue weighted by Crippen LogP contribution is -2.57. The first-order valence-corrected chi connectivity index (χ1v) is 19.2. The van der Waals surface area contributed by atoms with Crippen molar-refractivity contribution in [3.05, 3.63) is 215 Å². The number of carbonyl (C=O) groups is 7. The molecular formula is C49H38O13. The summed E-state index contributed by atoms with van der Waals surface area (Å²) < 4.78 is 35.5. The number of ether oxygens (including phenoxy) is 6. The minimum Gasteiger partial charge on any atom is -0.458 e. The van der Waals surface area contributed by atoms with Crippen LogP contribution in [-0.4, -0.2) is 79.2 Å². The zero-order valence-corrected chi connectivity index (χ0v) is 32.8. The van der Waals surface area contributed by atoms with Gasteiger partial charge in [0.05, 0.1) is 33.4 Å². The number of hydrogen-bond donors (Lipinski definition) is 0. The van der Waals surface area contributed by atoms with Crippen molar-refractivity contribution in [3.63, 3.8) is 0 Å². The minimum absolute atomic E-state index is 0.000126. The number of carbonyl (C=O) groups excluding carboxylic acids is 7. The Morgan fingerprint density at radius 3 is 0.952 bits per heavy atom. The number of aldehydes is 1. The lowest BCUT2D eigenvalue weighted by molar-refractivity contribution is -0.155. The quantitative estimate of drug-likeness (QED) is 0.0485. The van der Waals surface area contributed by atoms with Crippen molar-refractivity contribution in [2.24, 2.45) is 0 Å². The molecule has 62 heavy (non-hydrogen) atoms. The van der Waals surface area contributed by atoms with Crippen LogP contribution in [0.25, 0.3) is 0 Å². The van der Waals surface area contributed by atoms with Crippen LogP contribution in [0.3, 0.4) is 0 Å². The standard InChI is InChI=1S/C49H38O13/c50-31-39(58-45(52)34-21-9-2-10-22-34)41(60-47(54)36-25-13-4-14-26-36)43(62-49(56)38-29-17-6-18-30-38)42(61-48(55)37-27-15-5-16-28-37)40(59-46(53)35-23-11-3-12-24-35)32-57-44(51)33-19-7-1-8-20-33/h1-31,39-43H,32H2/t39-,40+,41-,42-,43+/m0/s1. The SMILES string of the molecule is O=C[C@H](OC(=O)c1ccccc1)[C@H](OC(=O)c1ccccc1)[C@@H](OC(=O)c1ccccc1)[C@@H](OC(=O)c1ccccc1)[C@@H](COC(=O)c1ccccc1)OC(=O)c1ccccc1. The number of benzene rings is 6. The van der Waals surface area contributed by atoms with Gasteiger partial charge in [-0.3, -0.25) is 4.79 Å². The van der Waals surface area contributed by atoms with Gasteiger partial charge in [-0.05, 0) is 72.8 Å². The predicted octanol–water partition coefficient (Wildman–Crippen LogP) is 7.17. The predicted molar refractivity (Wildman–Crippen MR) is 221 cm³/mol. The maximum atomic E-state index is 14.2. The molecule has 13 nitrogen and oxygen atoms in total. The fourth-order valence-electron chi connectivity index (χ4n) is 6.02. The first-order chi connectivity index (χ1) is 30.2. The summed E-state index contributed by atoms with van der Waals surface area (Å²) in [5, 5.41) is 0. The van der Waals surface area contributed by atoms with Gasteiger partial charge in [0.1, 0.15) is 6.61 Å². The summed E-state index contributed by atoms with van der Waals surface area (Å²) in [7, 11) is 0. The highest BCUT2D eigenvalue weighted by atomic mass is 16.6. The maximum Gasteiger partial charge on any atom is 0.338 e. The highest BCUT2D eigenvalue weighted by Crippen LogP contribution is 2.27. The average molecular weight is 835 g/mol.